The summed E-state index contributed by atoms with van der Waals surface area (Å²) in [5.41, 5.74) is 11.2. The molecule has 0 radical (unpaired) electrons. The van der Waals surface area contributed by atoms with E-state index in [9.17, 15) is 0 Å². The van der Waals surface area contributed by atoms with Crippen LogP contribution in [0.5, 0.6) is 0 Å². The first-order valence-corrected chi connectivity index (χ1v) is 6.52. The predicted octanol–water partition coefficient (Wildman–Crippen LogP) is 4.20. The van der Waals surface area contributed by atoms with Gasteiger partial charge in [0.25, 0.3) is 0 Å². The normalized spacial score (nSPS) is 12.4. The zero-order chi connectivity index (χ0) is 13.1. The number of hydrogen-bond acceptors (Lipinski definition) is 1. The van der Waals surface area contributed by atoms with E-state index in [0.717, 1.165) is 17.0 Å². The summed E-state index contributed by atoms with van der Waals surface area (Å²) in [6, 6.07) is 14.3. The lowest BCUT2D eigenvalue weighted by Crippen LogP contribution is -2.15. The summed E-state index contributed by atoms with van der Waals surface area (Å²) in [7, 11) is 0. The molecule has 2 N–H and O–H groups in total. The molecule has 0 aromatic heterocycles. The maximum Gasteiger partial charge on any atom is 0.0408 e. The molecule has 0 bridgehead atoms. The molecular formula is C16H18ClN. The molecule has 2 aromatic rings. The van der Waals surface area contributed by atoms with Crippen molar-refractivity contribution in [1.29, 1.82) is 0 Å². The highest BCUT2D eigenvalue weighted by atomic mass is 35.5. The molecule has 1 nitrogen and oxygen atoms in total. The molecule has 1 unspecified atom stereocenters. The van der Waals surface area contributed by atoms with Crippen LogP contribution in [0.4, 0.5) is 0 Å². The Kier molecular flexibility index (Phi) is 4.05. The van der Waals surface area contributed by atoms with Crippen molar-refractivity contribution in [2.24, 2.45) is 5.73 Å². The van der Waals surface area contributed by atoms with Crippen molar-refractivity contribution in [1.82, 2.24) is 0 Å². The van der Waals surface area contributed by atoms with Crippen molar-refractivity contribution in [3.63, 3.8) is 0 Å². The van der Waals surface area contributed by atoms with Crippen LogP contribution in [0.15, 0.2) is 42.5 Å². The summed E-state index contributed by atoms with van der Waals surface area (Å²) in [6.07, 6.45) is 0.856. The van der Waals surface area contributed by atoms with Gasteiger partial charge in [0.1, 0.15) is 0 Å². The maximum atomic E-state index is 6.30. The SMILES string of the molecule is Cc1ccccc1CC(N)c1ccc(Cl)cc1C. The Bertz CT molecular complexity index is 549. The molecule has 18 heavy (non-hydrogen) atoms. The Morgan fingerprint density at radius 1 is 1.06 bits per heavy atom. The van der Waals surface area contributed by atoms with Crippen LogP contribution in [0.1, 0.15) is 28.3 Å². The topological polar surface area (TPSA) is 26.0 Å². The lowest BCUT2D eigenvalue weighted by Gasteiger charge is -2.16. The zero-order valence-electron chi connectivity index (χ0n) is 10.8. The molecule has 0 aliphatic carbocycles. The van der Waals surface area contributed by atoms with Crippen LogP contribution in [-0.2, 0) is 6.42 Å². The molecule has 0 spiro atoms. The van der Waals surface area contributed by atoms with E-state index in [1.165, 1.54) is 16.7 Å². The minimum Gasteiger partial charge on any atom is -0.324 e. The van der Waals surface area contributed by atoms with Gasteiger partial charge in [-0.1, -0.05) is 41.9 Å². The summed E-state index contributed by atoms with van der Waals surface area (Å²) < 4.78 is 0. The maximum absolute atomic E-state index is 6.30. The first kappa shape index (κ1) is 13.1. The second-order valence-corrected chi connectivity index (χ2v) is 5.17. The molecule has 0 saturated heterocycles. The minimum absolute atomic E-state index is 0.0170. The summed E-state index contributed by atoms with van der Waals surface area (Å²) in [6.45, 7) is 4.18. The van der Waals surface area contributed by atoms with Crippen LogP contribution in [0.25, 0.3) is 0 Å². The van der Waals surface area contributed by atoms with Crippen molar-refractivity contribution < 1.29 is 0 Å². The number of halogens is 1. The van der Waals surface area contributed by atoms with Crippen molar-refractivity contribution >= 4 is 11.6 Å². The highest BCUT2D eigenvalue weighted by Gasteiger charge is 2.11. The monoisotopic (exact) mass is 259 g/mol. The smallest absolute Gasteiger partial charge is 0.0408 e. The Balaban J connectivity index is 2.22. The van der Waals surface area contributed by atoms with E-state index in [0.29, 0.717) is 0 Å². The number of benzene rings is 2. The summed E-state index contributed by atoms with van der Waals surface area (Å²) in [5.74, 6) is 0. The fourth-order valence-corrected chi connectivity index (χ4v) is 2.47. The molecule has 0 saturated carbocycles. The van der Waals surface area contributed by atoms with Gasteiger partial charge in [-0.15, -0.1) is 0 Å². The quantitative estimate of drug-likeness (QED) is 0.878. The van der Waals surface area contributed by atoms with Crippen LogP contribution in [-0.4, -0.2) is 0 Å². The van der Waals surface area contributed by atoms with E-state index in [-0.39, 0.29) is 6.04 Å². The number of hydrogen-bond donors (Lipinski definition) is 1. The lowest BCUT2D eigenvalue weighted by molar-refractivity contribution is 0.714. The Hall–Kier alpha value is -1.31. The van der Waals surface area contributed by atoms with Gasteiger partial charge in [-0.2, -0.15) is 0 Å². The molecule has 0 heterocycles. The van der Waals surface area contributed by atoms with Crippen LogP contribution in [0.3, 0.4) is 0 Å². The number of aryl methyl sites for hydroxylation is 2. The molecule has 2 heteroatoms. The fourth-order valence-electron chi connectivity index (χ4n) is 2.24. The Morgan fingerprint density at radius 2 is 1.78 bits per heavy atom. The molecule has 2 aromatic carbocycles. The van der Waals surface area contributed by atoms with Gasteiger partial charge in [0.2, 0.25) is 0 Å². The van der Waals surface area contributed by atoms with Gasteiger partial charge in [-0.3, -0.25) is 0 Å². The molecule has 0 fully saturated rings. The van der Waals surface area contributed by atoms with Crippen LogP contribution >= 0.6 is 11.6 Å². The van der Waals surface area contributed by atoms with Gasteiger partial charge in [0.05, 0.1) is 0 Å². The van der Waals surface area contributed by atoms with Crippen LogP contribution in [0, 0.1) is 13.8 Å². The fraction of sp³-hybridized carbons (Fsp3) is 0.250. The van der Waals surface area contributed by atoms with Gasteiger partial charge < -0.3 is 5.73 Å². The van der Waals surface area contributed by atoms with Crippen LogP contribution < -0.4 is 5.73 Å². The van der Waals surface area contributed by atoms with Gasteiger partial charge in [0.15, 0.2) is 0 Å². The molecule has 2 rings (SSSR count). The van der Waals surface area contributed by atoms with Gasteiger partial charge in [0, 0.05) is 11.1 Å². The summed E-state index contributed by atoms with van der Waals surface area (Å²) in [4.78, 5) is 0. The van der Waals surface area contributed by atoms with Gasteiger partial charge in [-0.25, -0.2) is 0 Å². The molecule has 0 amide bonds. The first-order chi connectivity index (χ1) is 8.58. The standard InChI is InChI=1S/C16H18ClN/c1-11-5-3-4-6-13(11)10-16(18)15-8-7-14(17)9-12(15)2/h3-9,16H,10,18H2,1-2H3. The molecular weight excluding hydrogens is 242 g/mol. The second-order valence-electron chi connectivity index (χ2n) is 4.74. The predicted molar refractivity (Wildman–Crippen MR) is 78.0 cm³/mol. The first-order valence-electron chi connectivity index (χ1n) is 6.14. The third kappa shape index (κ3) is 2.92. The van der Waals surface area contributed by atoms with Gasteiger partial charge in [-0.05, 0) is 54.7 Å². The van der Waals surface area contributed by atoms with Crippen molar-refractivity contribution in [2.75, 3.05) is 0 Å². The molecule has 1 atom stereocenters. The van der Waals surface area contributed by atoms with Crippen molar-refractivity contribution in [3.8, 4) is 0 Å². The number of rotatable bonds is 3. The third-order valence-corrected chi connectivity index (χ3v) is 3.57. The van der Waals surface area contributed by atoms with E-state index in [1.54, 1.807) is 0 Å². The summed E-state index contributed by atoms with van der Waals surface area (Å²) in [5, 5.41) is 0.763. The van der Waals surface area contributed by atoms with Crippen molar-refractivity contribution in [3.05, 3.63) is 69.7 Å². The van der Waals surface area contributed by atoms with Crippen LogP contribution in [0.2, 0.25) is 5.02 Å². The van der Waals surface area contributed by atoms with E-state index >= 15 is 0 Å². The highest BCUT2D eigenvalue weighted by molar-refractivity contribution is 6.30. The number of nitrogens with two attached hydrogens (primary N) is 1. The summed E-state index contributed by atoms with van der Waals surface area (Å²) >= 11 is 5.97. The minimum atomic E-state index is 0.0170. The van der Waals surface area contributed by atoms with E-state index in [2.05, 4.69) is 38.1 Å². The average Bonchev–Trinajstić information content (AvgIpc) is 2.32. The van der Waals surface area contributed by atoms with E-state index in [4.69, 9.17) is 17.3 Å². The molecule has 0 aliphatic heterocycles. The van der Waals surface area contributed by atoms with Crippen molar-refractivity contribution in [2.45, 2.75) is 26.3 Å². The average molecular weight is 260 g/mol. The Morgan fingerprint density at radius 3 is 2.44 bits per heavy atom. The van der Waals surface area contributed by atoms with Gasteiger partial charge >= 0.3 is 0 Å². The highest BCUT2D eigenvalue weighted by Crippen LogP contribution is 2.23. The second kappa shape index (κ2) is 5.55. The molecule has 94 valence electrons. The largest absolute Gasteiger partial charge is 0.324 e. The Labute approximate surface area is 114 Å². The third-order valence-electron chi connectivity index (χ3n) is 3.33. The zero-order valence-corrected chi connectivity index (χ0v) is 11.5. The molecule has 0 aliphatic rings. The van der Waals surface area contributed by atoms with E-state index < -0.39 is 0 Å². The van der Waals surface area contributed by atoms with E-state index in [1.807, 2.05) is 18.2 Å². The lowest BCUT2D eigenvalue weighted by atomic mass is 9.94.